The summed E-state index contributed by atoms with van der Waals surface area (Å²) in [6.07, 6.45) is 4.80. The van der Waals surface area contributed by atoms with Gasteiger partial charge >= 0.3 is 0 Å². The van der Waals surface area contributed by atoms with Gasteiger partial charge in [-0.3, -0.25) is 9.69 Å². The minimum Gasteiger partial charge on any atom is -0.394 e. The van der Waals surface area contributed by atoms with E-state index in [-0.39, 0.29) is 17.9 Å². The summed E-state index contributed by atoms with van der Waals surface area (Å²) in [5.41, 5.74) is 7.80. The van der Waals surface area contributed by atoms with E-state index in [1.807, 2.05) is 24.3 Å². The number of hydrogen-bond acceptors (Lipinski definition) is 10. The van der Waals surface area contributed by atoms with Gasteiger partial charge in [0.05, 0.1) is 12.7 Å². The molecule has 6 N–H and O–H groups in total. The maximum absolute atomic E-state index is 12.3. The Morgan fingerprint density at radius 3 is 2.28 bits per heavy atom. The molecule has 0 saturated carbocycles. The van der Waals surface area contributed by atoms with Crippen LogP contribution in [0.25, 0.3) is 0 Å². The first-order valence-corrected chi connectivity index (χ1v) is 12.6. The van der Waals surface area contributed by atoms with Gasteiger partial charge in [0, 0.05) is 63.4 Å². The molecule has 1 aromatic carbocycles. The SMILES string of the molecule is N=Cc1nc(N2CCCCCC2)nc(Nc2ccc(N3CCN(CC(O)CO)CC3)cc2)c1C(N)=O. The van der Waals surface area contributed by atoms with Crippen LogP contribution in [0.2, 0.25) is 0 Å². The molecule has 2 aliphatic heterocycles. The normalized spacial score (nSPS) is 17.9. The number of nitrogens with one attached hydrogen (secondary N) is 2. The van der Waals surface area contributed by atoms with E-state index in [1.165, 1.54) is 12.8 Å². The van der Waals surface area contributed by atoms with Gasteiger partial charge in [-0.1, -0.05) is 12.8 Å². The second-order valence-corrected chi connectivity index (χ2v) is 9.34. The summed E-state index contributed by atoms with van der Waals surface area (Å²) in [5, 5.41) is 29.8. The Morgan fingerprint density at radius 2 is 1.69 bits per heavy atom. The van der Waals surface area contributed by atoms with Crippen molar-refractivity contribution in [1.29, 1.82) is 5.41 Å². The van der Waals surface area contributed by atoms with E-state index in [1.54, 1.807) is 0 Å². The van der Waals surface area contributed by atoms with Crippen molar-refractivity contribution in [3.63, 3.8) is 0 Å². The van der Waals surface area contributed by atoms with Gasteiger partial charge in [-0.05, 0) is 37.1 Å². The summed E-state index contributed by atoms with van der Waals surface area (Å²) >= 11 is 0. The number of hydrogen-bond donors (Lipinski definition) is 5. The lowest BCUT2D eigenvalue weighted by atomic mass is 10.2. The molecule has 2 aliphatic rings. The Kier molecular flexibility index (Phi) is 8.68. The number of rotatable bonds is 9. The smallest absolute Gasteiger partial charge is 0.254 e. The number of carbonyl (C=O) groups excluding carboxylic acids is 1. The summed E-state index contributed by atoms with van der Waals surface area (Å²) in [5.74, 6) is 0.127. The fourth-order valence-corrected chi connectivity index (χ4v) is 4.75. The highest BCUT2D eigenvalue weighted by Gasteiger charge is 2.22. The molecule has 2 saturated heterocycles. The zero-order valence-corrected chi connectivity index (χ0v) is 20.6. The van der Waals surface area contributed by atoms with Crippen LogP contribution < -0.4 is 20.9 Å². The number of benzene rings is 1. The molecule has 0 radical (unpaired) electrons. The van der Waals surface area contributed by atoms with E-state index in [4.69, 9.17) is 16.2 Å². The van der Waals surface area contributed by atoms with Crippen LogP contribution in [-0.4, -0.2) is 95.7 Å². The van der Waals surface area contributed by atoms with Crippen molar-refractivity contribution in [3.8, 4) is 0 Å². The number of nitrogens with two attached hydrogens (primary N) is 1. The van der Waals surface area contributed by atoms with E-state index in [0.29, 0.717) is 18.3 Å². The van der Waals surface area contributed by atoms with Crippen molar-refractivity contribution < 1.29 is 15.0 Å². The molecule has 1 atom stereocenters. The number of carbonyl (C=O) groups is 1. The van der Waals surface area contributed by atoms with Crippen molar-refractivity contribution in [3.05, 3.63) is 35.5 Å². The molecule has 2 fully saturated rings. The largest absolute Gasteiger partial charge is 0.394 e. The number of aliphatic hydroxyl groups is 2. The Hall–Kier alpha value is -3.28. The van der Waals surface area contributed by atoms with Crippen molar-refractivity contribution in [1.82, 2.24) is 14.9 Å². The highest BCUT2D eigenvalue weighted by atomic mass is 16.3. The average molecular weight is 497 g/mol. The highest BCUT2D eigenvalue weighted by molar-refractivity contribution is 6.04. The van der Waals surface area contributed by atoms with Crippen molar-refractivity contribution >= 4 is 35.3 Å². The van der Waals surface area contributed by atoms with Crippen LogP contribution in [0.4, 0.5) is 23.1 Å². The quantitative estimate of drug-likeness (QED) is 0.322. The third kappa shape index (κ3) is 6.28. The Labute approximate surface area is 211 Å². The van der Waals surface area contributed by atoms with Gasteiger partial charge in [0.1, 0.15) is 17.1 Å². The van der Waals surface area contributed by atoms with Crippen LogP contribution in [0.3, 0.4) is 0 Å². The molecule has 0 bridgehead atoms. The van der Waals surface area contributed by atoms with Crippen LogP contribution in [0.15, 0.2) is 24.3 Å². The maximum atomic E-state index is 12.3. The van der Waals surface area contributed by atoms with Crippen LogP contribution >= 0.6 is 0 Å². The average Bonchev–Trinajstić information content (AvgIpc) is 3.18. The van der Waals surface area contributed by atoms with E-state index < -0.39 is 12.0 Å². The molecule has 36 heavy (non-hydrogen) atoms. The molecule has 194 valence electrons. The zero-order chi connectivity index (χ0) is 25.5. The van der Waals surface area contributed by atoms with Gasteiger partial charge in [0.15, 0.2) is 0 Å². The zero-order valence-electron chi connectivity index (χ0n) is 20.6. The molecule has 1 unspecified atom stereocenters. The second-order valence-electron chi connectivity index (χ2n) is 9.34. The monoisotopic (exact) mass is 496 g/mol. The lowest BCUT2D eigenvalue weighted by Crippen LogP contribution is -2.49. The van der Waals surface area contributed by atoms with Gasteiger partial charge in [-0.2, -0.15) is 4.98 Å². The number of aromatic nitrogens is 2. The van der Waals surface area contributed by atoms with Gasteiger partial charge in [0.25, 0.3) is 5.91 Å². The molecule has 2 aromatic rings. The Morgan fingerprint density at radius 1 is 1.03 bits per heavy atom. The first kappa shape index (κ1) is 25.8. The lowest BCUT2D eigenvalue weighted by molar-refractivity contribution is 0.0575. The van der Waals surface area contributed by atoms with Crippen LogP contribution in [0.1, 0.15) is 41.7 Å². The first-order chi connectivity index (χ1) is 17.5. The number of aliphatic hydroxyl groups excluding tert-OH is 2. The number of nitrogens with zero attached hydrogens (tertiary/aromatic N) is 5. The van der Waals surface area contributed by atoms with Crippen LogP contribution in [0, 0.1) is 5.41 Å². The van der Waals surface area contributed by atoms with Crippen LogP contribution in [-0.2, 0) is 0 Å². The van der Waals surface area contributed by atoms with Gasteiger partial charge in [0.2, 0.25) is 5.95 Å². The van der Waals surface area contributed by atoms with Gasteiger partial charge in [-0.15, -0.1) is 0 Å². The molecule has 0 spiro atoms. The maximum Gasteiger partial charge on any atom is 0.254 e. The third-order valence-electron chi connectivity index (χ3n) is 6.74. The molecular weight excluding hydrogens is 460 g/mol. The topological polar surface area (TPSA) is 155 Å². The number of primary amides is 1. The van der Waals surface area contributed by atoms with E-state index in [2.05, 4.69) is 30.0 Å². The van der Waals surface area contributed by atoms with Gasteiger partial charge < -0.3 is 36.5 Å². The predicted octanol–water partition coefficient (Wildman–Crippen LogP) is 1.17. The molecule has 11 heteroatoms. The molecule has 3 heterocycles. The predicted molar refractivity (Wildman–Crippen MR) is 141 cm³/mol. The highest BCUT2D eigenvalue weighted by Crippen LogP contribution is 2.27. The van der Waals surface area contributed by atoms with E-state index >= 15 is 0 Å². The summed E-state index contributed by atoms with van der Waals surface area (Å²) in [4.78, 5) is 27.9. The number of amides is 1. The Bertz CT molecular complexity index is 1030. The van der Waals surface area contributed by atoms with E-state index in [0.717, 1.165) is 69.7 Å². The molecule has 1 aromatic heterocycles. The summed E-state index contributed by atoms with van der Waals surface area (Å²) in [6.45, 7) is 5.21. The third-order valence-corrected chi connectivity index (χ3v) is 6.74. The van der Waals surface area contributed by atoms with E-state index in [9.17, 15) is 9.90 Å². The summed E-state index contributed by atoms with van der Waals surface area (Å²) in [7, 11) is 0. The van der Waals surface area contributed by atoms with Crippen molar-refractivity contribution in [2.24, 2.45) is 5.73 Å². The Balaban J connectivity index is 1.49. The summed E-state index contributed by atoms with van der Waals surface area (Å²) < 4.78 is 0. The summed E-state index contributed by atoms with van der Waals surface area (Å²) in [6, 6.07) is 7.89. The van der Waals surface area contributed by atoms with Crippen molar-refractivity contribution in [2.45, 2.75) is 31.8 Å². The van der Waals surface area contributed by atoms with Crippen LogP contribution in [0.5, 0.6) is 0 Å². The second kappa shape index (κ2) is 12.1. The first-order valence-electron chi connectivity index (χ1n) is 12.6. The molecule has 0 aliphatic carbocycles. The fraction of sp³-hybridized carbons (Fsp3) is 0.520. The van der Waals surface area contributed by atoms with Gasteiger partial charge in [-0.25, -0.2) is 4.98 Å². The minimum absolute atomic E-state index is 0.105. The number of β-amino-alcohol motifs (C(OH)–C–C–N with tert-alkyl or cyclic N) is 1. The molecule has 1 amide bonds. The lowest BCUT2D eigenvalue weighted by Gasteiger charge is -2.36. The molecule has 4 rings (SSSR count). The number of anilines is 4. The minimum atomic E-state index is -0.706. The molecular formula is C25H36N8O3. The number of piperazine rings is 1. The van der Waals surface area contributed by atoms with Crippen molar-refractivity contribution in [2.75, 3.05) is 67.5 Å². The fourth-order valence-electron chi connectivity index (χ4n) is 4.75. The molecule has 11 nitrogen and oxygen atoms in total. The standard InChI is InChI=1S/C25H36N8O3/c26-15-21-22(23(27)36)24(30-25(29-21)33-9-3-1-2-4-10-33)28-18-5-7-19(8-6-18)32-13-11-31(12-14-32)16-20(35)17-34/h5-8,15,20,26,34-35H,1-4,9-14,16-17H2,(H2,27,36)(H,28,29,30).